The summed E-state index contributed by atoms with van der Waals surface area (Å²) in [6, 6.07) is 6.39. The number of methoxy groups -OCH3 is 1. The van der Waals surface area contributed by atoms with Crippen LogP contribution in [0.4, 0.5) is 0 Å². The number of hydrogen-bond donors (Lipinski definition) is 2. The van der Waals surface area contributed by atoms with Gasteiger partial charge in [0.25, 0.3) is 0 Å². The van der Waals surface area contributed by atoms with E-state index in [-0.39, 0.29) is 24.2 Å². The van der Waals surface area contributed by atoms with E-state index in [1.165, 1.54) is 19.3 Å². The van der Waals surface area contributed by atoms with Crippen molar-refractivity contribution in [3.63, 3.8) is 0 Å². The molecule has 3 rings (SSSR count). The van der Waals surface area contributed by atoms with E-state index < -0.39 is 0 Å². The minimum atomic E-state index is 0. The average Bonchev–Trinajstić information content (AvgIpc) is 2.53. The Morgan fingerprint density at radius 1 is 1.29 bits per heavy atom. The van der Waals surface area contributed by atoms with Gasteiger partial charge in [0.2, 0.25) is 5.91 Å². The molecule has 2 saturated carbocycles. The summed E-state index contributed by atoms with van der Waals surface area (Å²) in [5.74, 6) is 2.21. The number of halogens is 1. The number of hydrogen-bond acceptors (Lipinski definition) is 3. The zero-order chi connectivity index (χ0) is 16.4. The number of nitrogens with one attached hydrogen (secondary N) is 1. The maximum absolute atomic E-state index is 12.6. The predicted molar refractivity (Wildman–Crippen MR) is 98.4 cm³/mol. The lowest BCUT2D eigenvalue weighted by Crippen LogP contribution is -2.49. The van der Waals surface area contributed by atoms with E-state index in [4.69, 9.17) is 10.5 Å². The zero-order valence-corrected chi connectivity index (χ0v) is 15.4. The van der Waals surface area contributed by atoms with Gasteiger partial charge in [-0.25, -0.2) is 0 Å². The number of carbonyl (C=O) groups is 1. The predicted octanol–water partition coefficient (Wildman–Crippen LogP) is 3.20. The van der Waals surface area contributed by atoms with E-state index in [0.717, 1.165) is 29.7 Å². The number of rotatable bonds is 4. The molecule has 0 heterocycles. The number of nitrogens with two attached hydrogens (primary N) is 1. The van der Waals surface area contributed by atoms with Crippen molar-refractivity contribution < 1.29 is 9.53 Å². The lowest BCUT2D eigenvalue weighted by molar-refractivity contribution is -0.128. The van der Waals surface area contributed by atoms with Crippen LogP contribution in [0.25, 0.3) is 0 Å². The summed E-state index contributed by atoms with van der Waals surface area (Å²) in [6.45, 7) is 2.56. The van der Waals surface area contributed by atoms with Gasteiger partial charge in [-0.05, 0) is 56.1 Å². The molecule has 2 fully saturated rings. The topological polar surface area (TPSA) is 64.3 Å². The highest BCUT2D eigenvalue weighted by Gasteiger charge is 2.40. The maximum Gasteiger partial charge on any atom is 0.223 e. The van der Waals surface area contributed by atoms with Crippen LogP contribution in [-0.2, 0) is 11.3 Å². The van der Waals surface area contributed by atoms with Crippen LogP contribution in [0.3, 0.4) is 0 Å². The standard InChI is InChI=1S/C19H28N2O2.ClH/c1-12-6-7-15(17(8-12)23-2)11-21-19(22)16-9-13-4-3-5-14(10-16)18(13)20;/h6-8,13-14,16,18H,3-5,9-11,20H2,1-2H3,(H,21,22);1H. The molecular formula is C19H29ClN2O2. The van der Waals surface area contributed by atoms with Crippen molar-refractivity contribution in [2.45, 2.75) is 51.6 Å². The number of ether oxygens (including phenoxy) is 1. The van der Waals surface area contributed by atoms with Gasteiger partial charge in [-0.2, -0.15) is 0 Å². The Kier molecular flexibility index (Phi) is 6.53. The van der Waals surface area contributed by atoms with Gasteiger partial charge >= 0.3 is 0 Å². The first-order chi connectivity index (χ1) is 11.1. The first-order valence-electron chi connectivity index (χ1n) is 8.75. The van der Waals surface area contributed by atoms with Gasteiger partial charge < -0.3 is 15.8 Å². The Balaban J connectivity index is 0.00000208. The minimum absolute atomic E-state index is 0. The Morgan fingerprint density at radius 3 is 2.58 bits per heavy atom. The number of carbonyl (C=O) groups excluding carboxylic acids is 1. The molecule has 0 radical (unpaired) electrons. The molecule has 0 spiro atoms. The highest BCUT2D eigenvalue weighted by molar-refractivity contribution is 5.85. The molecule has 134 valence electrons. The van der Waals surface area contributed by atoms with Crippen LogP contribution >= 0.6 is 12.4 Å². The second kappa shape index (κ2) is 8.21. The maximum atomic E-state index is 12.6. The average molecular weight is 353 g/mol. The van der Waals surface area contributed by atoms with E-state index in [1.54, 1.807) is 7.11 Å². The van der Waals surface area contributed by atoms with Crippen LogP contribution in [-0.4, -0.2) is 19.1 Å². The van der Waals surface area contributed by atoms with Crippen LogP contribution in [0.1, 0.15) is 43.2 Å². The van der Waals surface area contributed by atoms with Crippen molar-refractivity contribution in [3.8, 4) is 5.75 Å². The van der Waals surface area contributed by atoms with Crippen molar-refractivity contribution in [1.29, 1.82) is 0 Å². The van der Waals surface area contributed by atoms with Crippen LogP contribution in [0.5, 0.6) is 5.75 Å². The van der Waals surface area contributed by atoms with Gasteiger partial charge in [-0.3, -0.25) is 4.79 Å². The van der Waals surface area contributed by atoms with E-state index >= 15 is 0 Å². The van der Waals surface area contributed by atoms with Crippen LogP contribution in [0.2, 0.25) is 0 Å². The summed E-state index contributed by atoms with van der Waals surface area (Å²) in [6.07, 6.45) is 5.56. The van der Waals surface area contributed by atoms with E-state index in [9.17, 15) is 4.79 Å². The summed E-state index contributed by atoms with van der Waals surface area (Å²) >= 11 is 0. The Morgan fingerprint density at radius 2 is 1.96 bits per heavy atom. The highest BCUT2D eigenvalue weighted by atomic mass is 35.5. The summed E-state index contributed by atoms with van der Waals surface area (Å²) in [7, 11) is 1.67. The molecule has 2 atom stereocenters. The van der Waals surface area contributed by atoms with E-state index in [0.29, 0.717) is 24.4 Å². The van der Waals surface area contributed by atoms with Crippen LogP contribution in [0.15, 0.2) is 18.2 Å². The van der Waals surface area contributed by atoms with Gasteiger partial charge in [-0.15, -0.1) is 12.4 Å². The molecule has 0 aromatic heterocycles. The molecule has 2 unspecified atom stereocenters. The first-order valence-corrected chi connectivity index (χ1v) is 8.75. The molecule has 2 bridgehead atoms. The van der Waals surface area contributed by atoms with E-state index in [2.05, 4.69) is 5.32 Å². The molecule has 24 heavy (non-hydrogen) atoms. The van der Waals surface area contributed by atoms with Gasteiger partial charge in [0.15, 0.2) is 0 Å². The quantitative estimate of drug-likeness (QED) is 0.874. The van der Waals surface area contributed by atoms with Crippen molar-refractivity contribution in [2.75, 3.05) is 7.11 Å². The van der Waals surface area contributed by atoms with E-state index in [1.807, 2.05) is 25.1 Å². The summed E-state index contributed by atoms with van der Waals surface area (Å²) in [5.41, 5.74) is 8.50. The fourth-order valence-electron chi connectivity index (χ4n) is 4.33. The summed E-state index contributed by atoms with van der Waals surface area (Å²) in [5, 5.41) is 3.11. The third-order valence-corrected chi connectivity index (χ3v) is 5.68. The monoisotopic (exact) mass is 352 g/mol. The first kappa shape index (κ1) is 19.1. The van der Waals surface area contributed by atoms with Crippen molar-refractivity contribution in [1.82, 2.24) is 5.32 Å². The lowest BCUT2D eigenvalue weighted by Gasteiger charge is -2.43. The summed E-state index contributed by atoms with van der Waals surface area (Å²) < 4.78 is 5.41. The molecule has 1 amide bonds. The number of benzene rings is 1. The largest absolute Gasteiger partial charge is 0.496 e. The molecule has 0 aliphatic heterocycles. The Labute approximate surface area is 150 Å². The molecular weight excluding hydrogens is 324 g/mol. The van der Waals surface area contributed by atoms with Crippen LogP contribution in [0, 0.1) is 24.7 Å². The Hall–Kier alpha value is -1.26. The van der Waals surface area contributed by atoms with Crippen molar-refractivity contribution in [2.24, 2.45) is 23.5 Å². The Bertz CT molecular complexity index is 564. The normalized spacial score (nSPS) is 28.6. The fourth-order valence-corrected chi connectivity index (χ4v) is 4.33. The smallest absolute Gasteiger partial charge is 0.223 e. The highest BCUT2D eigenvalue weighted by Crippen LogP contribution is 2.41. The third-order valence-electron chi connectivity index (χ3n) is 5.68. The van der Waals surface area contributed by atoms with Crippen molar-refractivity contribution >= 4 is 18.3 Å². The second-order valence-corrected chi connectivity index (χ2v) is 7.23. The molecule has 2 aliphatic carbocycles. The SMILES string of the molecule is COc1cc(C)ccc1CNC(=O)C1CC2CCCC(C1)C2N.Cl. The molecule has 1 aromatic carbocycles. The van der Waals surface area contributed by atoms with Gasteiger partial charge in [0.1, 0.15) is 5.75 Å². The lowest BCUT2D eigenvalue weighted by atomic mass is 9.65. The molecule has 5 heteroatoms. The number of fused-ring (bicyclic) bond motifs is 2. The number of aryl methyl sites for hydroxylation is 1. The summed E-state index contributed by atoms with van der Waals surface area (Å²) in [4.78, 5) is 12.6. The molecule has 3 N–H and O–H groups in total. The fraction of sp³-hybridized carbons (Fsp3) is 0.632. The molecule has 4 nitrogen and oxygen atoms in total. The number of amides is 1. The minimum Gasteiger partial charge on any atom is -0.496 e. The second-order valence-electron chi connectivity index (χ2n) is 7.23. The van der Waals surface area contributed by atoms with Gasteiger partial charge in [-0.1, -0.05) is 18.6 Å². The molecule has 0 saturated heterocycles. The van der Waals surface area contributed by atoms with Crippen molar-refractivity contribution in [3.05, 3.63) is 29.3 Å². The van der Waals surface area contributed by atoms with Crippen LogP contribution < -0.4 is 15.8 Å². The third kappa shape index (κ3) is 4.04. The molecule has 1 aromatic rings. The van der Waals surface area contributed by atoms with Gasteiger partial charge in [0, 0.05) is 24.1 Å². The zero-order valence-electron chi connectivity index (χ0n) is 14.6. The van der Waals surface area contributed by atoms with Gasteiger partial charge in [0.05, 0.1) is 7.11 Å². The molecule has 2 aliphatic rings.